The van der Waals surface area contributed by atoms with Crippen molar-refractivity contribution in [2.24, 2.45) is 11.7 Å². The lowest BCUT2D eigenvalue weighted by molar-refractivity contribution is -0.137. The van der Waals surface area contributed by atoms with Crippen LogP contribution in [0, 0.1) is 5.92 Å². The van der Waals surface area contributed by atoms with E-state index in [2.05, 4.69) is 18.7 Å². The van der Waals surface area contributed by atoms with Crippen molar-refractivity contribution < 1.29 is 13.2 Å². The van der Waals surface area contributed by atoms with Gasteiger partial charge in [-0.25, -0.2) is 0 Å². The number of hydrogen-bond acceptors (Lipinski definition) is 2. The van der Waals surface area contributed by atoms with Gasteiger partial charge in [0.05, 0.1) is 5.56 Å². The fourth-order valence-electron chi connectivity index (χ4n) is 2.96. The minimum Gasteiger partial charge on any atom is -0.323 e. The van der Waals surface area contributed by atoms with E-state index in [4.69, 9.17) is 5.73 Å². The fraction of sp³-hybridized carbons (Fsp3) is 0.625. The van der Waals surface area contributed by atoms with Crippen LogP contribution >= 0.6 is 0 Å². The molecule has 21 heavy (non-hydrogen) atoms. The number of likely N-dealkylation sites (tertiary alicyclic amines) is 1. The Hall–Kier alpha value is -1.07. The molecule has 0 saturated carbocycles. The van der Waals surface area contributed by atoms with Crippen LogP contribution in [-0.2, 0) is 6.18 Å². The summed E-state index contributed by atoms with van der Waals surface area (Å²) < 4.78 is 37.6. The maximum absolute atomic E-state index is 12.5. The van der Waals surface area contributed by atoms with Crippen LogP contribution in [0.2, 0.25) is 0 Å². The van der Waals surface area contributed by atoms with Gasteiger partial charge in [-0.05, 0) is 49.9 Å². The largest absolute Gasteiger partial charge is 0.416 e. The molecular formula is C16H23F3N2. The number of halogens is 3. The molecule has 1 aliphatic heterocycles. The number of piperidine rings is 1. The van der Waals surface area contributed by atoms with Crippen LogP contribution in [0.15, 0.2) is 24.3 Å². The molecule has 1 heterocycles. The quantitative estimate of drug-likeness (QED) is 0.919. The standard InChI is InChI=1S/C16H23F3N2/c1-11-4-3-9-21(12(11)2)10-15(20)13-5-7-14(8-6-13)16(17,18)19/h5-8,11-12,15H,3-4,9-10,20H2,1-2H3. The van der Waals surface area contributed by atoms with E-state index in [0.717, 1.165) is 30.7 Å². The van der Waals surface area contributed by atoms with Crippen LogP contribution in [0.25, 0.3) is 0 Å². The first-order valence-electron chi connectivity index (χ1n) is 7.46. The smallest absolute Gasteiger partial charge is 0.323 e. The van der Waals surface area contributed by atoms with Crippen molar-refractivity contribution >= 4 is 0 Å². The highest BCUT2D eigenvalue weighted by atomic mass is 19.4. The molecule has 1 aromatic carbocycles. The van der Waals surface area contributed by atoms with Crippen LogP contribution in [0.1, 0.15) is 43.9 Å². The Balaban J connectivity index is 2.01. The molecule has 1 aromatic rings. The number of benzene rings is 1. The molecular weight excluding hydrogens is 277 g/mol. The average molecular weight is 300 g/mol. The van der Waals surface area contributed by atoms with E-state index in [1.54, 1.807) is 0 Å². The summed E-state index contributed by atoms with van der Waals surface area (Å²) in [6, 6.07) is 5.42. The van der Waals surface area contributed by atoms with E-state index in [9.17, 15) is 13.2 Å². The van der Waals surface area contributed by atoms with E-state index in [0.29, 0.717) is 18.5 Å². The van der Waals surface area contributed by atoms with Gasteiger partial charge in [0, 0.05) is 18.6 Å². The van der Waals surface area contributed by atoms with Gasteiger partial charge in [0.2, 0.25) is 0 Å². The fourth-order valence-corrected chi connectivity index (χ4v) is 2.96. The van der Waals surface area contributed by atoms with Crippen LogP contribution in [-0.4, -0.2) is 24.0 Å². The summed E-state index contributed by atoms with van der Waals surface area (Å²) in [7, 11) is 0. The molecule has 1 saturated heterocycles. The molecule has 2 nitrogen and oxygen atoms in total. The Morgan fingerprint density at radius 3 is 2.43 bits per heavy atom. The summed E-state index contributed by atoms with van der Waals surface area (Å²) >= 11 is 0. The van der Waals surface area contributed by atoms with Crippen molar-refractivity contribution in [2.45, 2.75) is 44.9 Å². The van der Waals surface area contributed by atoms with E-state index in [1.807, 2.05) is 0 Å². The Bertz CT molecular complexity index is 456. The Morgan fingerprint density at radius 2 is 1.86 bits per heavy atom. The second kappa shape index (κ2) is 6.36. The van der Waals surface area contributed by atoms with Gasteiger partial charge in [-0.1, -0.05) is 19.1 Å². The molecule has 0 aliphatic carbocycles. The lowest BCUT2D eigenvalue weighted by atomic mass is 9.91. The van der Waals surface area contributed by atoms with Crippen molar-refractivity contribution in [1.29, 1.82) is 0 Å². The Labute approximate surface area is 124 Å². The molecule has 0 aromatic heterocycles. The van der Waals surface area contributed by atoms with Crippen molar-refractivity contribution in [3.8, 4) is 0 Å². The first-order chi connectivity index (χ1) is 9.79. The van der Waals surface area contributed by atoms with E-state index < -0.39 is 11.7 Å². The highest BCUT2D eigenvalue weighted by Crippen LogP contribution is 2.30. The third kappa shape index (κ3) is 3.98. The highest BCUT2D eigenvalue weighted by Gasteiger charge is 2.30. The zero-order valence-corrected chi connectivity index (χ0v) is 12.5. The first kappa shape index (κ1) is 16.3. The van der Waals surface area contributed by atoms with Crippen LogP contribution in [0.5, 0.6) is 0 Å². The van der Waals surface area contributed by atoms with Crippen LogP contribution < -0.4 is 5.73 Å². The van der Waals surface area contributed by atoms with Crippen LogP contribution in [0.3, 0.4) is 0 Å². The third-order valence-electron chi connectivity index (χ3n) is 4.60. The second-order valence-corrected chi connectivity index (χ2v) is 6.08. The minimum atomic E-state index is -4.29. The predicted molar refractivity (Wildman–Crippen MR) is 77.8 cm³/mol. The molecule has 2 N–H and O–H groups in total. The van der Waals surface area contributed by atoms with Crippen molar-refractivity contribution in [2.75, 3.05) is 13.1 Å². The van der Waals surface area contributed by atoms with Gasteiger partial charge in [0.25, 0.3) is 0 Å². The predicted octanol–water partition coefficient (Wildman–Crippen LogP) is 3.83. The molecule has 2 rings (SSSR count). The number of nitrogens with zero attached hydrogens (tertiary/aromatic N) is 1. The third-order valence-corrected chi connectivity index (χ3v) is 4.60. The molecule has 5 heteroatoms. The molecule has 1 fully saturated rings. The van der Waals surface area contributed by atoms with Gasteiger partial charge < -0.3 is 5.73 Å². The summed E-state index contributed by atoms with van der Waals surface area (Å²) in [6.07, 6.45) is -1.90. The molecule has 1 aliphatic rings. The minimum absolute atomic E-state index is 0.250. The van der Waals surface area contributed by atoms with Crippen LogP contribution in [0.4, 0.5) is 13.2 Å². The molecule has 3 unspecified atom stereocenters. The Kier molecular flexibility index (Phi) is 4.94. The van der Waals surface area contributed by atoms with Gasteiger partial charge in [0.15, 0.2) is 0 Å². The van der Waals surface area contributed by atoms with E-state index in [-0.39, 0.29) is 6.04 Å². The Morgan fingerprint density at radius 1 is 1.24 bits per heavy atom. The number of hydrogen-bond donors (Lipinski definition) is 1. The number of rotatable bonds is 3. The topological polar surface area (TPSA) is 29.3 Å². The normalized spacial score (nSPS) is 25.8. The molecule has 118 valence electrons. The van der Waals surface area contributed by atoms with E-state index in [1.165, 1.54) is 18.6 Å². The number of nitrogens with two attached hydrogens (primary N) is 1. The van der Waals surface area contributed by atoms with Gasteiger partial charge in [-0.3, -0.25) is 4.90 Å². The molecule has 0 amide bonds. The lowest BCUT2D eigenvalue weighted by Crippen LogP contribution is -2.45. The summed E-state index contributed by atoms with van der Waals surface area (Å²) in [6.45, 7) is 6.14. The maximum Gasteiger partial charge on any atom is 0.416 e. The van der Waals surface area contributed by atoms with Gasteiger partial charge in [0.1, 0.15) is 0 Å². The first-order valence-corrected chi connectivity index (χ1v) is 7.46. The monoisotopic (exact) mass is 300 g/mol. The highest BCUT2D eigenvalue weighted by molar-refractivity contribution is 5.26. The summed E-state index contributed by atoms with van der Waals surface area (Å²) in [5, 5.41) is 0. The zero-order valence-electron chi connectivity index (χ0n) is 12.5. The molecule has 3 atom stereocenters. The van der Waals surface area contributed by atoms with Crippen molar-refractivity contribution in [3.05, 3.63) is 35.4 Å². The average Bonchev–Trinajstić information content (AvgIpc) is 2.43. The molecule has 0 radical (unpaired) electrons. The van der Waals surface area contributed by atoms with Crippen molar-refractivity contribution in [3.63, 3.8) is 0 Å². The van der Waals surface area contributed by atoms with Gasteiger partial charge in [-0.2, -0.15) is 13.2 Å². The lowest BCUT2D eigenvalue weighted by Gasteiger charge is -2.39. The summed E-state index contributed by atoms with van der Waals surface area (Å²) in [5.41, 5.74) is 6.30. The number of alkyl halides is 3. The van der Waals surface area contributed by atoms with Gasteiger partial charge >= 0.3 is 6.18 Å². The summed E-state index contributed by atoms with van der Waals surface area (Å²) in [5.74, 6) is 0.638. The van der Waals surface area contributed by atoms with E-state index >= 15 is 0 Å². The van der Waals surface area contributed by atoms with Crippen molar-refractivity contribution in [1.82, 2.24) is 4.90 Å². The second-order valence-electron chi connectivity index (χ2n) is 6.08. The van der Waals surface area contributed by atoms with Gasteiger partial charge in [-0.15, -0.1) is 0 Å². The molecule has 0 bridgehead atoms. The molecule has 0 spiro atoms. The zero-order chi connectivity index (χ0) is 15.6. The SMILES string of the molecule is CC1CCCN(CC(N)c2ccc(C(F)(F)F)cc2)C1C. The summed E-state index contributed by atoms with van der Waals surface area (Å²) in [4.78, 5) is 2.34. The maximum atomic E-state index is 12.5.